The fourth-order valence-corrected chi connectivity index (χ4v) is 2.28. The predicted octanol–water partition coefficient (Wildman–Crippen LogP) is 0.231. The van der Waals surface area contributed by atoms with Crippen molar-refractivity contribution >= 4 is 11.7 Å². The Kier molecular flexibility index (Phi) is 6.54. The molecule has 0 unspecified atom stereocenters. The zero-order valence-electron chi connectivity index (χ0n) is 13.3. The molecular formula is C16H22N6O. The number of carbonyl (C=O) groups is 1. The Balaban J connectivity index is 1.80. The van der Waals surface area contributed by atoms with Gasteiger partial charge in [-0.1, -0.05) is 6.07 Å². The molecule has 1 amide bonds. The molecule has 7 nitrogen and oxygen atoms in total. The van der Waals surface area contributed by atoms with E-state index in [9.17, 15) is 4.79 Å². The van der Waals surface area contributed by atoms with E-state index < -0.39 is 0 Å². The number of nitrogens with one attached hydrogen (secondary N) is 3. The zero-order chi connectivity index (χ0) is 16.5. The van der Waals surface area contributed by atoms with E-state index in [-0.39, 0.29) is 11.5 Å². The van der Waals surface area contributed by atoms with Gasteiger partial charge in [0, 0.05) is 51.2 Å². The minimum Gasteiger partial charge on any atom is -0.350 e. The Morgan fingerprint density at radius 3 is 2.96 bits per heavy atom. The number of hydrogen-bond acceptors (Lipinski definition) is 6. The number of aromatic nitrogens is 1. The van der Waals surface area contributed by atoms with Crippen molar-refractivity contribution in [3.63, 3.8) is 0 Å². The van der Waals surface area contributed by atoms with Gasteiger partial charge in [-0.3, -0.25) is 9.69 Å². The topological polar surface area (TPSA) is 93.1 Å². The lowest BCUT2D eigenvalue weighted by atomic mass is 10.3. The van der Waals surface area contributed by atoms with E-state index in [0.717, 1.165) is 38.4 Å². The minimum atomic E-state index is -0.372. The van der Waals surface area contributed by atoms with Crippen LogP contribution in [0.15, 0.2) is 30.0 Å². The second-order valence-corrected chi connectivity index (χ2v) is 5.33. The summed E-state index contributed by atoms with van der Waals surface area (Å²) in [5, 5.41) is 18.1. The highest BCUT2D eigenvalue weighted by Crippen LogP contribution is 2.04. The van der Waals surface area contributed by atoms with Gasteiger partial charge in [-0.05, 0) is 19.1 Å². The lowest BCUT2D eigenvalue weighted by Gasteiger charge is -2.27. The third-order valence-electron chi connectivity index (χ3n) is 3.54. The van der Waals surface area contributed by atoms with Crippen LogP contribution < -0.4 is 16.0 Å². The molecule has 0 atom stereocenters. The van der Waals surface area contributed by atoms with Crippen molar-refractivity contribution in [3.8, 4) is 6.07 Å². The molecule has 2 heterocycles. The average molecular weight is 314 g/mol. The van der Waals surface area contributed by atoms with Crippen LogP contribution in [0.3, 0.4) is 0 Å². The van der Waals surface area contributed by atoms with Crippen molar-refractivity contribution in [2.75, 3.05) is 44.6 Å². The highest BCUT2D eigenvalue weighted by molar-refractivity contribution is 5.97. The van der Waals surface area contributed by atoms with E-state index in [1.165, 1.54) is 6.20 Å². The van der Waals surface area contributed by atoms with Gasteiger partial charge in [0.1, 0.15) is 17.5 Å². The number of amides is 1. The smallest absolute Gasteiger partial charge is 0.263 e. The molecule has 0 bridgehead atoms. The number of rotatable bonds is 6. The summed E-state index contributed by atoms with van der Waals surface area (Å²) in [5.74, 6) is 0.231. The van der Waals surface area contributed by atoms with E-state index in [1.54, 1.807) is 6.07 Å². The van der Waals surface area contributed by atoms with Crippen molar-refractivity contribution < 1.29 is 4.79 Å². The van der Waals surface area contributed by atoms with Gasteiger partial charge in [-0.25, -0.2) is 4.98 Å². The van der Waals surface area contributed by atoms with E-state index in [0.29, 0.717) is 12.4 Å². The monoisotopic (exact) mass is 314 g/mol. The summed E-state index contributed by atoms with van der Waals surface area (Å²) in [6.45, 7) is 7.12. The Labute approximate surface area is 136 Å². The lowest BCUT2D eigenvalue weighted by molar-refractivity contribution is -0.117. The molecule has 1 aromatic heterocycles. The molecule has 23 heavy (non-hydrogen) atoms. The Morgan fingerprint density at radius 1 is 1.48 bits per heavy atom. The molecule has 0 spiro atoms. The highest BCUT2D eigenvalue weighted by atomic mass is 16.1. The summed E-state index contributed by atoms with van der Waals surface area (Å²) in [6.07, 6.45) is 1.39. The maximum atomic E-state index is 12.0. The second-order valence-electron chi connectivity index (χ2n) is 5.33. The minimum absolute atomic E-state index is 0.0358. The Hall–Kier alpha value is -2.43. The van der Waals surface area contributed by atoms with Crippen molar-refractivity contribution in [1.82, 2.24) is 20.5 Å². The van der Waals surface area contributed by atoms with Crippen LogP contribution in [0.4, 0.5) is 5.82 Å². The maximum absolute atomic E-state index is 12.0. The van der Waals surface area contributed by atoms with Crippen LogP contribution in [-0.2, 0) is 4.79 Å². The summed E-state index contributed by atoms with van der Waals surface area (Å²) in [6, 6.07) is 7.43. The molecule has 7 heteroatoms. The molecule has 2 rings (SSSR count). The van der Waals surface area contributed by atoms with E-state index in [1.807, 2.05) is 25.1 Å². The van der Waals surface area contributed by atoms with E-state index >= 15 is 0 Å². The number of nitriles is 1. The number of aryl methyl sites for hydroxylation is 1. The molecule has 1 saturated heterocycles. The molecular weight excluding hydrogens is 292 g/mol. The number of nitrogens with zero attached hydrogens (tertiary/aromatic N) is 3. The van der Waals surface area contributed by atoms with Gasteiger partial charge < -0.3 is 16.0 Å². The fraction of sp³-hybridized carbons (Fsp3) is 0.438. The first-order chi connectivity index (χ1) is 11.2. The van der Waals surface area contributed by atoms with Gasteiger partial charge in [0.2, 0.25) is 0 Å². The SMILES string of the molecule is Cc1cccc(N/C=C(/C#N)C(=O)NCCN2CCNCC2)n1. The van der Waals surface area contributed by atoms with E-state index in [2.05, 4.69) is 25.8 Å². The van der Waals surface area contributed by atoms with Gasteiger partial charge in [0.05, 0.1) is 0 Å². The summed E-state index contributed by atoms with van der Waals surface area (Å²) in [7, 11) is 0. The number of carbonyl (C=O) groups excluding carboxylic acids is 1. The highest BCUT2D eigenvalue weighted by Gasteiger charge is 2.11. The molecule has 0 radical (unpaired) electrons. The summed E-state index contributed by atoms with van der Waals surface area (Å²) < 4.78 is 0. The lowest BCUT2D eigenvalue weighted by Crippen LogP contribution is -2.46. The van der Waals surface area contributed by atoms with Gasteiger partial charge in [-0.15, -0.1) is 0 Å². The predicted molar refractivity (Wildman–Crippen MR) is 88.6 cm³/mol. The largest absolute Gasteiger partial charge is 0.350 e. The average Bonchev–Trinajstić information content (AvgIpc) is 2.56. The van der Waals surface area contributed by atoms with Crippen molar-refractivity contribution in [3.05, 3.63) is 35.7 Å². The van der Waals surface area contributed by atoms with Crippen LogP contribution in [0.5, 0.6) is 0 Å². The van der Waals surface area contributed by atoms with Crippen LogP contribution >= 0.6 is 0 Å². The number of hydrogen-bond donors (Lipinski definition) is 3. The second kappa shape index (κ2) is 8.88. The van der Waals surface area contributed by atoms with Crippen LogP contribution in [0.2, 0.25) is 0 Å². The molecule has 0 aromatic carbocycles. The Bertz CT molecular complexity index is 601. The number of anilines is 1. The van der Waals surface area contributed by atoms with Crippen LogP contribution in [0, 0.1) is 18.3 Å². The summed E-state index contributed by atoms with van der Waals surface area (Å²) in [5.41, 5.74) is 0.899. The van der Waals surface area contributed by atoms with Crippen molar-refractivity contribution in [1.29, 1.82) is 5.26 Å². The Morgan fingerprint density at radius 2 is 2.26 bits per heavy atom. The summed E-state index contributed by atoms with van der Waals surface area (Å²) >= 11 is 0. The maximum Gasteiger partial charge on any atom is 0.263 e. The van der Waals surface area contributed by atoms with Crippen LogP contribution in [0.25, 0.3) is 0 Å². The third kappa shape index (κ3) is 5.70. The number of piperazine rings is 1. The summed E-state index contributed by atoms with van der Waals surface area (Å²) in [4.78, 5) is 18.5. The fourth-order valence-electron chi connectivity index (χ4n) is 2.28. The molecule has 0 saturated carbocycles. The van der Waals surface area contributed by atoms with Gasteiger partial charge in [-0.2, -0.15) is 5.26 Å². The molecule has 1 aliphatic rings. The van der Waals surface area contributed by atoms with Gasteiger partial charge >= 0.3 is 0 Å². The molecule has 1 aromatic rings. The molecule has 1 aliphatic heterocycles. The van der Waals surface area contributed by atoms with Crippen LogP contribution in [0.1, 0.15) is 5.69 Å². The van der Waals surface area contributed by atoms with Gasteiger partial charge in [0.25, 0.3) is 5.91 Å². The first-order valence-electron chi connectivity index (χ1n) is 7.71. The first-order valence-corrected chi connectivity index (χ1v) is 7.71. The normalized spacial score (nSPS) is 15.7. The van der Waals surface area contributed by atoms with E-state index in [4.69, 9.17) is 5.26 Å². The zero-order valence-corrected chi connectivity index (χ0v) is 13.3. The molecule has 122 valence electrons. The molecule has 3 N–H and O–H groups in total. The van der Waals surface area contributed by atoms with Crippen LogP contribution in [-0.4, -0.2) is 55.1 Å². The van der Waals surface area contributed by atoms with Gasteiger partial charge in [0.15, 0.2) is 0 Å². The number of pyridine rings is 1. The standard InChI is InChI=1S/C16H22N6O/c1-13-3-2-4-15(21-13)20-12-14(11-17)16(23)19-7-10-22-8-5-18-6-9-22/h2-4,12,18H,5-10H2,1H3,(H,19,23)(H,20,21)/b14-12-. The van der Waals surface area contributed by atoms with Crippen molar-refractivity contribution in [2.45, 2.75) is 6.92 Å². The van der Waals surface area contributed by atoms with Crippen molar-refractivity contribution in [2.24, 2.45) is 0 Å². The molecule has 1 fully saturated rings. The third-order valence-corrected chi connectivity index (χ3v) is 3.54. The first kappa shape index (κ1) is 16.9. The quantitative estimate of drug-likeness (QED) is 0.514. The molecule has 0 aliphatic carbocycles.